The molecule has 0 aliphatic carbocycles. The third-order valence-electron chi connectivity index (χ3n) is 2.00. The van der Waals surface area contributed by atoms with Gasteiger partial charge in [0.15, 0.2) is 11.5 Å². The van der Waals surface area contributed by atoms with Crippen LogP contribution in [0.3, 0.4) is 0 Å². The Labute approximate surface area is 85.9 Å². The molecule has 0 fully saturated rings. The molecule has 0 saturated carbocycles. The third kappa shape index (κ3) is 3.29. The van der Waals surface area contributed by atoms with Gasteiger partial charge in [-0.1, -0.05) is 12.7 Å². The van der Waals surface area contributed by atoms with E-state index in [2.05, 4.69) is 12.7 Å². The number of allylic oxidation sites excluding steroid dienone is 3. The summed E-state index contributed by atoms with van der Waals surface area (Å²) in [6.45, 7) is 7.07. The molecule has 1 heterocycles. The number of hydrogen-bond acceptors (Lipinski definition) is 2. The molecule has 78 valence electrons. The maximum absolute atomic E-state index is 5.59. The summed E-state index contributed by atoms with van der Waals surface area (Å²) in [4.78, 5) is 0. The molecule has 0 amide bonds. The van der Waals surface area contributed by atoms with Crippen molar-refractivity contribution in [1.82, 2.24) is 0 Å². The molecule has 0 aromatic rings. The van der Waals surface area contributed by atoms with E-state index in [0.29, 0.717) is 6.61 Å². The van der Waals surface area contributed by atoms with Gasteiger partial charge in [0.05, 0.1) is 13.2 Å². The molecule has 0 saturated heterocycles. The molecule has 1 rings (SSSR count). The van der Waals surface area contributed by atoms with Crippen molar-refractivity contribution in [1.29, 1.82) is 0 Å². The maximum atomic E-state index is 5.59. The van der Waals surface area contributed by atoms with Gasteiger partial charge in [-0.3, -0.25) is 0 Å². The second kappa shape index (κ2) is 6.30. The monoisotopic (exact) mass is 194 g/mol. The van der Waals surface area contributed by atoms with Crippen molar-refractivity contribution >= 4 is 0 Å². The third-order valence-corrected chi connectivity index (χ3v) is 2.00. The van der Waals surface area contributed by atoms with Gasteiger partial charge in [-0.05, 0) is 38.3 Å². The molecule has 1 aliphatic heterocycles. The molecule has 0 spiro atoms. The van der Waals surface area contributed by atoms with Gasteiger partial charge in [-0.2, -0.15) is 0 Å². The van der Waals surface area contributed by atoms with Crippen LogP contribution in [0.25, 0.3) is 0 Å². The maximum Gasteiger partial charge on any atom is 0.160 e. The highest BCUT2D eigenvalue weighted by Crippen LogP contribution is 2.18. The topological polar surface area (TPSA) is 18.5 Å². The van der Waals surface area contributed by atoms with Gasteiger partial charge in [0.1, 0.15) is 0 Å². The van der Waals surface area contributed by atoms with Crippen molar-refractivity contribution in [3.8, 4) is 0 Å². The lowest BCUT2D eigenvalue weighted by molar-refractivity contribution is 0.159. The minimum Gasteiger partial charge on any atom is -0.490 e. The van der Waals surface area contributed by atoms with Crippen molar-refractivity contribution in [2.45, 2.75) is 26.2 Å². The highest BCUT2D eigenvalue weighted by Gasteiger charge is 2.09. The Morgan fingerprint density at radius 1 is 1.64 bits per heavy atom. The first kappa shape index (κ1) is 10.9. The molecule has 14 heavy (non-hydrogen) atoms. The summed E-state index contributed by atoms with van der Waals surface area (Å²) in [5.41, 5.74) is 0. The predicted octanol–water partition coefficient (Wildman–Crippen LogP) is 3.18. The second-order valence-corrected chi connectivity index (χ2v) is 3.11. The minimum absolute atomic E-state index is 0.653. The molecule has 2 heteroatoms. The lowest BCUT2D eigenvalue weighted by Crippen LogP contribution is -2.00. The van der Waals surface area contributed by atoms with Gasteiger partial charge in [-0.15, -0.1) is 0 Å². The van der Waals surface area contributed by atoms with Crippen LogP contribution in [0.1, 0.15) is 26.2 Å². The summed E-state index contributed by atoms with van der Waals surface area (Å²) < 4.78 is 11.1. The fourth-order valence-electron chi connectivity index (χ4n) is 1.36. The average Bonchev–Trinajstić information content (AvgIpc) is 2.45. The van der Waals surface area contributed by atoms with Crippen molar-refractivity contribution in [3.63, 3.8) is 0 Å². The molecule has 2 nitrogen and oxygen atoms in total. The summed E-state index contributed by atoms with van der Waals surface area (Å²) in [5, 5.41) is 0. The van der Waals surface area contributed by atoms with Crippen molar-refractivity contribution in [2.75, 3.05) is 13.2 Å². The van der Waals surface area contributed by atoms with Crippen LogP contribution in [-0.4, -0.2) is 13.2 Å². The van der Waals surface area contributed by atoms with Gasteiger partial charge < -0.3 is 9.47 Å². The van der Waals surface area contributed by atoms with Crippen LogP contribution in [0.2, 0.25) is 0 Å². The first-order chi connectivity index (χ1) is 6.88. The number of ether oxygens (including phenoxy) is 2. The zero-order valence-corrected chi connectivity index (χ0v) is 8.79. The van der Waals surface area contributed by atoms with Gasteiger partial charge in [0, 0.05) is 0 Å². The molecular weight excluding hydrogens is 176 g/mol. The predicted molar refractivity (Wildman–Crippen MR) is 57.8 cm³/mol. The molecule has 0 aromatic heterocycles. The van der Waals surface area contributed by atoms with Gasteiger partial charge >= 0.3 is 0 Å². The lowest BCUT2D eigenvalue weighted by Gasteiger charge is -2.12. The smallest absolute Gasteiger partial charge is 0.160 e. The van der Waals surface area contributed by atoms with Crippen LogP contribution in [0.15, 0.2) is 36.3 Å². The minimum atomic E-state index is 0.653. The van der Waals surface area contributed by atoms with E-state index in [1.54, 1.807) is 6.08 Å². The Morgan fingerprint density at radius 2 is 2.50 bits per heavy atom. The SMILES string of the molecule is C=C/C=C(/OCC)C1=CCCCCO1. The highest BCUT2D eigenvalue weighted by atomic mass is 16.5. The van der Waals surface area contributed by atoms with Crippen LogP contribution < -0.4 is 0 Å². The summed E-state index contributed by atoms with van der Waals surface area (Å²) in [5.74, 6) is 1.66. The van der Waals surface area contributed by atoms with Crippen LogP contribution in [0.5, 0.6) is 0 Å². The highest BCUT2D eigenvalue weighted by molar-refractivity contribution is 5.24. The van der Waals surface area contributed by atoms with E-state index in [1.807, 2.05) is 13.0 Å². The molecule has 0 aromatic carbocycles. The Kier molecular flexibility index (Phi) is 4.90. The average molecular weight is 194 g/mol. The molecule has 0 bridgehead atoms. The standard InChI is InChI=1S/C12H18O2/c1-3-8-11(13-4-2)12-9-6-5-7-10-14-12/h3,8-9H,1,4-7,10H2,2H3/b11-8+. The Balaban J connectivity index is 2.69. The summed E-state index contributed by atoms with van der Waals surface area (Å²) in [6.07, 6.45) is 9.04. The van der Waals surface area contributed by atoms with Crippen LogP contribution in [-0.2, 0) is 9.47 Å². The second-order valence-electron chi connectivity index (χ2n) is 3.11. The van der Waals surface area contributed by atoms with E-state index in [1.165, 1.54) is 6.42 Å². The van der Waals surface area contributed by atoms with E-state index in [9.17, 15) is 0 Å². The Hall–Kier alpha value is -1.18. The first-order valence-electron chi connectivity index (χ1n) is 5.17. The molecule has 1 aliphatic rings. The van der Waals surface area contributed by atoms with Crippen LogP contribution >= 0.6 is 0 Å². The molecule has 0 N–H and O–H groups in total. The molecule has 0 radical (unpaired) electrons. The van der Waals surface area contributed by atoms with Crippen molar-refractivity contribution < 1.29 is 9.47 Å². The molecule has 0 atom stereocenters. The molecular formula is C12H18O2. The Morgan fingerprint density at radius 3 is 3.21 bits per heavy atom. The van der Waals surface area contributed by atoms with Crippen molar-refractivity contribution in [2.24, 2.45) is 0 Å². The van der Waals surface area contributed by atoms with Gasteiger partial charge in [-0.25, -0.2) is 0 Å². The van der Waals surface area contributed by atoms with E-state index >= 15 is 0 Å². The first-order valence-corrected chi connectivity index (χ1v) is 5.17. The summed E-state index contributed by atoms with van der Waals surface area (Å²) >= 11 is 0. The van der Waals surface area contributed by atoms with Gasteiger partial charge in [0.25, 0.3) is 0 Å². The van der Waals surface area contributed by atoms with E-state index in [0.717, 1.165) is 31.0 Å². The summed E-state index contributed by atoms with van der Waals surface area (Å²) in [7, 11) is 0. The number of hydrogen-bond donors (Lipinski definition) is 0. The zero-order valence-electron chi connectivity index (χ0n) is 8.79. The van der Waals surface area contributed by atoms with Crippen molar-refractivity contribution in [3.05, 3.63) is 36.3 Å². The quantitative estimate of drug-likeness (QED) is 0.505. The fraction of sp³-hybridized carbons (Fsp3) is 0.500. The fourth-order valence-corrected chi connectivity index (χ4v) is 1.36. The summed E-state index contributed by atoms with van der Waals surface area (Å²) in [6, 6.07) is 0. The lowest BCUT2D eigenvalue weighted by atomic mass is 10.2. The van der Waals surface area contributed by atoms with E-state index < -0.39 is 0 Å². The zero-order chi connectivity index (χ0) is 10.2. The molecule has 0 unspecified atom stereocenters. The van der Waals surface area contributed by atoms with Crippen LogP contribution in [0, 0.1) is 0 Å². The van der Waals surface area contributed by atoms with Crippen LogP contribution in [0.4, 0.5) is 0 Å². The largest absolute Gasteiger partial charge is 0.490 e. The normalized spacial score (nSPS) is 17.8. The Bertz CT molecular complexity index is 239. The van der Waals surface area contributed by atoms with E-state index in [4.69, 9.17) is 9.47 Å². The van der Waals surface area contributed by atoms with Gasteiger partial charge in [0.2, 0.25) is 0 Å². The number of rotatable bonds is 4. The van der Waals surface area contributed by atoms with E-state index in [-0.39, 0.29) is 0 Å².